The highest BCUT2D eigenvalue weighted by Crippen LogP contribution is 2.10. The molecule has 18 heavy (non-hydrogen) atoms. The lowest BCUT2D eigenvalue weighted by molar-refractivity contribution is 0.00712. The lowest BCUT2D eigenvalue weighted by atomic mass is 10.0. The first kappa shape index (κ1) is 17.8. The first-order valence-electron chi connectivity index (χ1n) is 7.15. The molecule has 0 rings (SSSR count). The van der Waals surface area contributed by atoms with Crippen molar-refractivity contribution in [3.63, 3.8) is 0 Å². The van der Waals surface area contributed by atoms with Gasteiger partial charge in [0.25, 0.3) is 0 Å². The molecule has 0 aromatic rings. The Bertz CT molecular complexity index is 153. The third-order valence-corrected chi connectivity index (χ3v) is 2.91. The number of ether oxygens (including phenoxy) is 3. The fraction of sp³-hybridized carbons (Fsp3) is 1.00. The molecule has 0 spiro atoms. The number of aliphatic hydroxyl groups excluding tert-OH is 1. The van der Waals surface area contributed by atoms with E-state index >= 15 is 0 Å². The van der Waals surface area contributed by atoms with Crippen molar-refractivity contribution in [3.05, 3.63) is 0 Å². The summed E-state index contributed by atoms with van der Waals surface area (Å²) in [6.45, 7) is 8.21. The molecule has 0 radical (unpaired) electrons. The minimum atomic E-state index is 0.0692. The largest absolute Gasteiger partial charge is 0.394 e. The highest BCUT2D eigenvalue weighted by Gasteiger charge is 1.98. The Kier molecular flexibility index (Phi) is 14.8. The van der Waals surface area contributed by atoms with Crippen LogP contribution in [-0.4, -0.2) is 51.4 Å². The van der Waals surface area contributed by atoms with Crippen LogP contribution in [0, 0.1) is 5.92 Å². The number of aliphatic hydroxyl groups is 1. The van der Waals surface area contributed by atoms with Crippen LogP contribution in [0.15, 0.2) is 0 Å². The quantitative estimate of drug-likeness (QED) is 0.488. The van der Waals surface area contributed by atoms with Crippen LogP contribution < -0.4 is 0 Å². The van der Waals surface area contributed by atoms with E-state index in [-0.39, 0.29) is 6.61 Å². The molecule has 0 saturated heterocycles. The van der Waals surface area contributed by atoms with E-state index in [4.69, 9.17) is 19.3 Å². The van der Waals surface area contributed by atoms with Gasteiger partial charge in [-0.15, -0.1) is 0 Å². The molecular weight excluding hydrogens is 232 g/mol. The van der Waals surface area contributed by atoms with Crippen LogP contribution in [0.25, 0.3) is 0 Å². The maximum Gasteiger partial charge on any atom is 0.0701 e. The summed E-state index contributed by atoms with van der Waals surface area (Å²) in [4.78, 5) is 0. The summed E-state index contributed by atoms with van der Waals surface area (Å²) < 4.78 is 15.8. The molecule has 0 aliphatic carbocycles. The molecular formula is C14H30O4. The van der Waals surface area contributed by atoms with Crippen LogP contribution in [0.3, 0.4) is 0 Å². The summed E-state index contributed by atoms with van der Waals surface area (Å²) in [5.74, 6) is 0.840. The summed E-state index contributed by atoms with van der Waals surface area (Å²) in [7, 11) is 0. The molecule has 1 N–H and O–H groups in total. The SMILES string of the molecule is CCC(C)CCCCOCCOCCOCCO. The average molecular weight is 262 g/mol. The van der Waals surface area contributed by atoms with Crippen molar-refractivity contribution < 1.29 is 19.3 Å². The smallest absolute Gasteiger partial charge is 0.0701 e. The lowest BCUT2D eigenvalue weighted by Crippen LogP contribution is -2.11. The number of hydrogen-bond donors (Lipinski definition) is 1. The number of rotatable bonds is 14. The number of hydrogen-bond acceptors (Lipinski definition) is 4. The highest BCUT2D eigenvalue weighted by atomic mass is 16.5. The molecule has 110 valence electrons. The van der Waals surface area contributed by atoms with Gasteiger partial charge in [0, 0.05) is 6.61 Å². The first-order valence-corrected chi connectivity index (χ1v) is 7.15. The topological polar surface area (TPSA) is 47.9 Å². The zero-order chi connectivity index (χ0) is 13.5. The summed E-state index contributed by atoms with van der Waals surface area (Å²) in [6, 6.07) is 0. The van der Waals surface area contributed by atoms with E-state index < -0.39 is 0 Å². The van der Waals surface area contributed by atoms with Gasteiger partial charge in [-0.25, -0.2) is 0 Å². The third-order valence-electron chi connectivity index (χ3n) is 2.91. The van der Waals surface area contributed by atoms with Gasteiger partial charge in [0.15, 0.2) is 0 Å². The standard InChI is InChI=1S/C14H30O4/c1-3-14(2)6-4-5-8-16-10-12-18-13-11-17-9-7-15/h14-15H,3-13H2,1-2H3. The first-order chi connectivity index (χ1) is 8.81. The molecule has 0 heterocycles. The van der Waals surface area contributed by atoms with Gasteiger partial charge in [-0.1, -0.05) is 33.1 Å². The molecule has 4 heteroatoms. The summed E-state index contributed by atoms with van der Waals surface area (Å²) in [5.41, 5.74) is 0. The molecule has 1 atom stereocenters. The van der Waals surface area contributed by atoms with Gasteiger partial charge >= 0.3 is 0 Å². The zero-order valence-corrected chi connectivity index (χ0v) is 12.0. The molecule has 1 unspecified atom stereocenters. The Balaban J connectivity index is 2.94. The third kappa shape index (κ3) is 13.9. The second-order valence-corrected chi connectivity index (χ2v) is 4.57. The van der Waals surface area contributed by atoms with Crippen molar-refractivity contribution in [2.24, 2.45) is 5.92 Å². The summed E-state index contributed by atoms with van der Waals surface area (Å²) >= 11 is 0. The van der Waals surface area contributed by atoms with Gasteiger partial charge in [0.1, 0.15) is 0 Å². The minimum absolute atomic E-state index is 0.0692. The van der Waals surface area contributed by atoms with Gasteiger partial charge in [-0.3, -0.25) is 0 Å². The van der Waals surface area contributed by atoms with Crippen LogP contribution >= 0.6 is 0 Å². The second kappa shape index (κ2) is 14.9. The van der Waals surface area contributed by atoms with Gasteiger partial charge in [0.2, 0.25) is 0 Å². The predicted octanol–water partition coefficient (Wildman–Crippen LogP) is 2.24. The molecule has 0 fully saturated rings. The lowest BCUT2D eigenvalue weighted by Gasteiger charge is -2.08. The minimum Gasteiger partial charge on any atom is -0.394 e. The molecule has 0 bridgehead atoms. The van der Waals surface area contributed by atoms with E-state index in [0.717, 1.165) is 18.9 Å². The van der Waals surface area contributed by atoms with E-state index in [9.17, 15) is 0 Å². The van der Waals surface area contributed by atoms with Crippen LogP contribution in [-0.2, 0) is 14.2 Å². The summed E-state index contributed by atoms with van der Waals surface area (Å²) in [6.07, 6.45) is 4.97. The Hall–Kier alpha value is -0.160. The average Bonchev–Trinajstić information content (AvgIpc) is 2.39. The van der Waals surface area contributed by atoms with Crippen molar-refractivity contribution in [3.8, 4) is 0 Å². The Morgan fingerprint density at radius 1 is 0.833 bits per heavy atom. The van der Waals surface area contributed by atoms with E-state index in [1.807, 2.05) is 0 Å². The maximum atomic E-state index is 8.47. The van der Waals surface area contributed by atoms with Gasteiger partial charge in [0.05, 0.1) is 39.6 Å². The van der Waals surface area contributed by atoms with Gasteiger partial charge in [-0.05, 0) is 12.3 Å². The predicted molar refractivity (Wildman–Crippen MR) is 72.8 cm³/mol. The van der Waals surface area contributed by atoms with Crippen molar-refractivity contribution in [1.29, 1.82) is 0 Å². The van der Waals surface area contributed by atoms with Gasteiger partial charge < -0.3 is 19.3 Å². The monoisotopic (exact) mass is 262 g/mol. The van der Waals surface area contributed by atoms with Crippen LogP contribution in [0.5, 0.6) is 0 Å². The fourth-order valence-corrected chi connectivity index (χ4v) is 1.51. The molecule has 0 amide bonds. The van der Waals surface area contributed by atoms with E-state index in [2.05, 4.69) is 13.8 Å². The van der Waals surface area contributed by atoms with E-state index in [1.54, 1.807) is 0 Å². The van der Waals surface area contributed by atoms with Crippen molar-refractivity contribution in [2.45, 2.75) is 39.5 Å². The van der Waals surface area contributed by atoms with E-state index in [1.165, 1.54) is 19.3 Å². The van der Waals surface area contributed by atoms with Crippen LogP contribution in [0.4, 0.5) is 0 Å². The van der Waals surface area contributed by atoms with Crippen molar-refractivity contribution >= 4 is 0 Å². The maximum absolute atomic E-state index is 8.47. The van der Waals surface area contributed by atoms with Crippen molar-refractivity contribution in [1.82, 2.24) is 0 Å². The highest BCUT2D eigenvalue weighted by molar-refractivity contribution is 4.50. The molecule has 4 nitrogen and oxygen atoms in total. The second-order valence-electron chi connectivity index (χ2n) is 4.57. The molecule has 0 aromatic heterocycles. The summed E-state index contributed by atoms with van der Waals surface area (Å²) in [5, 5.41) is 8.47. The normalized spacial score (nSPS) is 12.8. The fourth-order valence-electron chi connectivity index (χ4n) is 1.51. The number of unbranched alkanes of at least 4 members (excludes halogenated alkanes) is 1. The zero-order valence-electron chi connectivity index (χ0n) is 12.0. The molecule has 0 aromatic carbocycles. The molecule has 0 saturated carbocycles. The van der Waals surface area contributed by atoms with Gasteiger partial charge in [-0.2, -0.15) is 0 Å². The van der Waals surface area contributed by atoms with Crippen LogP contribution in [0.1, 0.15) is 39.5 Å². The Morgan fingerprint density at radius 2 is 1.39 bits per heavy atom. The van der Waals surface area contributed by atoms with Crippen LogP contribution in [0.2, 0.25) is 0 Å². The Labute approximate surface area is 112 Å². The molecule has 0 aliphatic rings. The van der Waals surface area contributed by atoms with E-state index in [0.29, 0.717) is 33.0 Å². The van der Waals surface area contributed by atoms with Crippen molar-refractivity contribution in [2.75, 3.05) is 46.2 Å². The Morgan fingerprint density at radius 3 is 1.94 bits per heavy atom. The molecule has 0 aliphatic heterocycles.